The Kier molecular flexibility index (Phi) is 2.61. The van der Waals surface area contributed by atoms with Gasteiger partial charge in [0.25, 0.3) is 0 Å². The van der Waals surface area contributed by atoms with Gasteiger partial charge in [-0.25, -0.2) is 0 Å². The third kappa shape index (κ3) is 1.87. The zero-order valence-corrected chi connectivity index (χ0v) is 11.8. The van der Waals surface area contributed by atoms with Gasteiger partial charge in [-0.3, -0.25) is 0 Å². The monoisotopic (exact) mass is 260 g/mol. The van der Waals surface area contributed by atoms with Crippen LogP contribution in [0.4, 0.5) is 5.95 Å². The highest BCUT2D eigenvalue weighted by Gasteiger charge is 2.47. The number of hydrogen-bond donors (Lipinski definition) is 1. The van der Waals surface area contributed by atoms with Crippen LogP contribution in [0.1, 0.15) is 44.3 Å². The first-order chi connectivity index (χ1) is 9.20. The van der Waals surface area contributed by atoms with Crippen LogP contribution in [0, 0.1) is 29.6 Å². The standard InChI is InChI=1S/C15H24N4/c1-19-14(17-18-15(19)16)3-2-13-11-5-9-4-10(7-11)8-12(13)6-9/h9-13H,2-8H2,1H3,(H2,16,18). The predicted octanol–water partition coefficient (Wildman–Crippen LogP) is 2.40. The smallest absolute Gasteiger partial charge is 0.221 e. The van der Waals surface area contributed by atoms with Crippen molar-refractivity contribution >= 4 is 5.95 Å². The highest BCUT2D eigenvalue weighted by atomic mass is 15.3. The molecule has 0 saturated heterocycles. The van der Waals surface area contributed by atoms with Gasteiger partial charge in [-0.1, -0.05) is 0 Å². The summed E-state index contributed by atoms with van der Waals surface area (Å²) in [6.07, 6.45) is 9.93. The van der Waals surface area contributed by atoms with Crippen molar-refractivity contribution in [2.45, 2.75) is 44.9 Å². The zero-order valence-electron chi connectivity index (χ0n) is 11.8. The number of nitrogen functional groups attached to an aromatic ring is 1. The molecule has 0 aromatic carbocycles. The molecule has 19 heavy (non-hydrogen) atoms. The molecule has 0 radical (unpaired) electrons. The van der Waals surface area contributed by atoms with E-state index in [0.29, 0.717) is 5.95 Å². The minimum absolute atomic E-state index is 0.542. The van der Waals surface area contributed by atoms with Crippen LogP contribution >= 0.6 is 0 Å². The lowest BCUT2D eigenvalue weighted by atomic mass is 9.51. The molecule has 0 amide bonds. The van der Waals surface area contributed by atoms with E-state index < -0.39 is 0 Å². The molecule has 0 spiro atoms. The second kappa shape index (κ2) is 4.22. The summed E-state index contributed by atoms with van der Waals surface area (Å²) in [7, 11) is 1.97. The van der Waals surface area contributed by atoms with Crippen LogP contribution in [0.25, 0.3) is 0 Å². The van der Waals surface area contributed by atoms with E-state index in [4.69, 9.17) is 5.73 Å². The molecule has 4 bridgehead atoms. The second-order valence-corrected chi connectivity index (χ2v) is 7.17. The molecule has 1 heterocycles. The number of aryl methyl sites for hydroxylation is 1. The number of aromatic nitrogens is 3. The van der Waals surface area contributed by atoms with E-state index in [0.717, 1.165) is 41.8 Å². The Morgan fingerprint density at radius 3 is 2.21 bits per heavy atom. The highest BCUT2D eigenvalue weighted by molar-refractivity contribution is 5.16. The number of nitrogens with zero attached hydrogens (tertiary/aromatic N) is 3. The summed E-state index contributed by atoms with van der Waals surface area (Å²) < 4.78 is 1.94. The Labute approximate surface area is 114 Å². The van der Waals surface area contributed by atoms with Crippen molar-refractivity contribution in [2.75, 3.05) is 5.73 Å². The SMILES string of the molecule is Cn1c(N)nnc1CCC1C2CC3CC(C2)CC1C3. The summed E-state index contributed by atoms with van der Waals surface area (Å²) in [6, 6.07) is 0. The number of rotatable bonds is 3. The summed E-state index contributed by atoms with van der Waals surface area (Å²) in [5.74, 6) is 6.73. The molecule has 1 aromatic heterocycles. The van der Waals surface area contributed by atoms with E-state index >= 15 is 0 Å². The molecular weight excluding hydrogens is 236 g/mol. The summed E-state index contributed by atoms with van der Waals surface area (Å²) in [4.78, 5) is 0. The van der Waals surface area contributed by atoms with Gasteiger partial charge in [0, 0.05) is 13.5 Å². The Morgan fingerprint density at radius 2 is 1.68 bits per heavy atom. The molecule has 4 nitrogen and oxygen atoms in total. The van der Waals surface area contributed by atoms with Gasteiger partial charge >= 0.3 is 0 Å². The van der Waals surface area contributed by atoms with Crippen LogP contribution < -0.4 is 5.73 Å². The lowest BCUT2D eigenvalue weighted by Gasteiger charge is -2.54. The minimum atomic E-state index is 0.542. The number of nitrogens with two attached hydrogens (primary N) is 1. The van der Waals surface area contributed by atoms with Crippen molar-refractivity contribution in [2.24, 2.45) is 36.6 Å². The molecule has 104 valence electrons. The summed E-state index contributed by atoms with van der Waals surface area (Å²) >= 11 is 0. The highest BCUT2D eigenvalue weighted by Crippen LogP contribution is 2.57. The molecule has 4 aliphatic rings. The van der Waals surface area contributed by atoms with Crippen molar-refractivity contribution < 1.29 is 0 Å². The first kappa shape index (κ1) is 11.7. The van der Waals surface area contributed by atoms with Gasteiger partial charge in [-0.2, -0.15) is 0 Å². The molecule has 0 aliphatic heterocycles. The maximum Gasteiger partial charge on any atom is 0.221 e. The van der Waals surface area contributed by atoms with Crippen LogP contribution in [0.2, 0.25) is 0 Å². The van der Waals surface area contributed by atoms with E-state index in [1.54, 1.807) is 6.42 Å². The maximum atomic E-state index is 5.75. The van der Waals surface area contributed by atoms with Gasteiger partial charge in [0.1, 0.15) is 5.82 Å². The minimum Gasteiger partial charge on any atom is -0.368 e. The van der Waals surface area contributed by atoms with E-state index in [1.165, 1.54) is 32.1 Å². The van der Waals surface area contributed by atoms with Crippen molar-refractivity contribution in [3.05, 3.63) is 5.82 Å². The molecule has 5 rings (SSSR count). The molecule has 4 heteroatoms. The number of anilines is 1. The van der Waals surface area contributed by atoms with E-state index in [1.807, 2.05) is 11.6 Å². The van der Waals surface area contributed by atoms with Gasteiger partial charge in [0.05, 0.1) is 0 Å². The Hall–Kier alpha value is -1.06. The van der Waals surface area contributed by atoms with Gasteiger partial charge in [-0.15, -0.1) is 10.2 Å². The molecule has 1 aromatic rings. The van der Waals surface area contributed by atoms with Gasteiger partial charge in [0.15, 0.2) is 0 Å². The maximum absolute atomic E-state index is 5.75. The normalized spacial score (nSPS) is 39.9. The predicted molar refractivity (Wildman–Crippen MR) is 74.3 cm³/mol. The average Bonchev–Trinajstić information content (AvgIpc) is 2.69. The van der Waals surface area contributed by atoms with Crippen molar-refractivity contribution in [3.63, 3.8) is 0 Å². The Balaban J connectivity index is 1.45. The number of hydrogen-bond acceptors (Lipinski definition) is 3. The van der Waals surface area contributed by atoms with Crippen LogP contribution in [0.3, 0.4) is 0 Å². The molecule has 4 fully saturated rings. The van der Waals surface area contributed by atoms with Crippen LogP contribution in [0.5, 0.6) is 0 Å². The van der Waals surface area contributed by atoms with Gasteiger partial charge in [-0.05, 0) is 68.1 Å². The van der Waals surface area contributed by atoms with E-state index in [2.05, 4.69) is 10.2 Å². The largest absolute Gasteiger partial charge is 0.368 e. The second-order valence-electron chi connectivity index (χ2n) is 7.17. The summed E-state index contributed by atoms with van der Waals surface area (Å²) in [5.41, 5.74) is 5.75. The van der Waals surface area contributed by atoms with Crippen LogP contribution in [0.15, 0.2) is 0 Å². The fourth-order valence-corrected chi connectivity index (χ4v) is 5.40. The average molecular weight is 260 g/mol. The van der Waals surface area contributed by atoms with E-state index in [-0.39, 0.29) is 0 Å². The quantitative estimate of drug-likeness (QED) is 0.908. The molecular formula is C15H24N4. The lowest BCUT2D eigenvalue weighted by Crippen LogP contribution is -2.45. The topological polar surface area (TPSA) is 56.7 Å². The Morgan fingerprint density at radius 1 is 1.05 bits per heavy atom. The third-order valence-electron chi connectivity index (χ3n) is 6.12. The lowest BCUT2D eigenvalue weighted by molar-refractivity contribution is -0.0396. The molecule has 2 N–H and O–H groups in total. The van der Waals surface area contributed by atoms with Gasteiger partial charge < -0.3 is 10.3 Å². The fourth-order valence-electron chi connectivity index (χ4n) is 5.40. The first-order valence-corrected chi connectivity index (χ1v) is 7.84. The molecule has 0 atom stereocenters. The van der Waals surface area contributed by atoms with Crippen LogP contribution in [-0.2, 0) is 13.5 Å². The first-order valence-electron chi connectivity index (χ1n) is 7.84. The third-order valence-corrected chi connectivity index (χ3v) is 6.12. The van der Waals surface area contributed by atoms with Crippen LogP contribution in [-0.4, -0.2) is 14.8 Å². The van der Waals surface area contributed by atoms with Crippen molar-refractivity contribution in [1.82, 2.24) is 14.8 Å². The van der Waals surface area contributed by atoms with Crippen molar-refractivity contribution in [1.29, 1.82) is 0 Å². The van der Waals surface area contributed by atoms with Gasteiger partial charge in [0.2, 0.25) is 5.95 Å². The molecule has 4 aliphatic carbocycles. The van der Waals surface area contributed by atoms with Crippen molar-refractivity contribution in [3.8, 4) is 0 Å². The van der Waals surface area contributed by atoms with E-state index in [9.17, 15) is 0 Å². The molecule has 0 unspecified atom stereocenters. The fraction of sp³-hybridized carbons (Fsp3) is 0.867. The Bertz CT molecular complexity index is 450. The molecule has 4 saturated carbocycles. The zero-order chi connectivity index (χ0) is 13.0. The summed E-state index contributed by atoms with van der Waals surface area (Å²) in [6.45, 7) is 0. The summed E-state index contributed by atoms with van der Waals surface area (Å²) in [5, 5.41) is 8.17.